The zero-order chi connectivity index (χ0) is 12.4. The molecule has 0 aromatic heterocycles. The normalized spacial score (nSPS) is 31.2. The Labute approximate surface area is 103 Å². The molecule has 2 rings (SSSR count). The van der Waals surface area contributed by atoms with Gasteiger partial charge in [-0.15, -0.1) is 0 Å². The zero-order valence-corrected chi connectivity index (χ0v) is 10.5. The van der Waals surface area contributed by atoms with E-state index in [4.69, 9.17) is 0 Å². The van der Waals surface area contributed by atoms with Crippen molar-refractivity contribution in [3.63, 3.8) is 0 Å². The number of ketones is 1. The SMILES string of the molecule is C[C@@H]1CC(=O)[C@H]([C@@H](O)c2ccccc2)[C@H](C)C1. The Morgan fingerprint density at radius 1 is 1.24 bits per heavy atom. The summed E-state index contributed by atoms with van der Waals surface area (Å²) in [6.45, 7) is 4.18. The van der Waals surface area contributed by atoms with Crippen molar-refractivity contribution in [1.29, 1.82) is 0 Å². The Balaban J connectivity index is 2.19. The molecule has 0 aliphatic heterocycles. The van der Waals surface area contributed by atoms with Crippen molar-refractivity contribution in [3.05, 3.63) is 35.9 Å². The molecule has 0 bridgehead atoms. The van der Waals surface area contributed by atoms with Gasteiger partial charge in [0.25, 0.3) is 0 Å². The summed E-state index contributed by atoms with van der Waals surface area (Å²) < 4.78 is 0. The van der Waals surface area contributed by atoms with Crippen LogP contribution in [0.3, 0.4) is 0 Å². The number of aliphatic hydroxyl groups is 1. The van der Waals surface area contributed by atoms with Gasteiger partial charge in [0.05, 0.1) is 12.0 Å². The van der Waals surface area contributed by atoms with Crippen molar-refractivity contribution in [2.24, 2.45) is 17.8 Å². The lowest BCUT2D eigenvalue weighted by molar-refractivity contribution is -0.133. The minimum absolute atomic E-state index is 0.215. The predicted octanol–water partition coefficient (Wildman–Crippen LogP) is 2.97. The van der Waals surface area contributed by atoms with Gasteiger partial charge in [0.15, 0.2) is 0 Å². The van der Waals surface area contributed by atoms with Crippen LogP contribution in [0.1, 0.15) is 38.4 Å². The number of benzene rings is 1. The van der Waals surface area contributed by atoms with Crippen LogP contribution in [0.4, 0.5) is 0 Å². The van der Waals surface area contributed by atoms with Crippen molar-refractivity contribution in [3.8, 4) is 0 Å². The molecule has 2 heteroatoms. The molecule has 0 heterocycles. The van der Waals surface area contributed by atoms with Gasteiger partial charge in [0.2, 0.25) is 0 Å². The van der Waals surface area contributed by atoms with Crippen LogP contribution >= 0.6 is 0 Å². The molecular formula is C15H20O2. The maximum absolute atomic E-state index is 12.1. The fourth-order valence-electron chi connectivity index (χ4n) is 3.01. The van der Waals surface area contributed by atoms with Crippen molar-refractivity contribution in [2.75, 3.05) is 0 Å². The number of hydrogen-bond donors (Lipinski definition) is 1. The second-order valence-electron chi connectivity index (χ2n) is 5.37. The molecule has 4 atom stereocenters. The maximum atomic E-state index is 12.1. The largest absolute Gasteiger partial charge is 0.388 e. The number of aliphatic hydroxyl groups excluding tert-OH is 1. The standard InChI is InChI=1S/C15H20O2/c1-10-8-11(2)14(13(16)9-10)15(17)12-6-4-3-5-7-12/h3-7,10-11,14-15,17H,8-9H2,1-2H3/t10-,11+,14+,15-/m0/s1. The Bertz CT molecular complexity index is 385. The van der Waals surface area contributed by atoms with Crippen LogP contribution in [0, 0.1) is 17.8 Å². The van der Waals surface area contributed by atoms with E-state index in [-0.39, 0.29) is 17.6 Å². The van der Waals surface area contributed by atoms with Gasteiger partial charge >= 0.3 is 0 Å². The molecule has 1 aromatic carbocycles. The van der Waals surface area contributed by atoms with E-state index in [1.165, 1.54) is 0 Å². The van der Waals surface area contributed by atoms with Crippen molar-refractivity contribution in [1.82, 2.24) is 0 Å². The van der Waals surface area contributed by atoms with Gasteiger partial charge in [-0.25, -0.2) is 0 Å². The van der Waals surface area contributed by atoms with Crippen LogP contribution < -0.4 is 0 Å². The fraction of sp³-hybridized carbons (Fsp3) is 0.533. The van der Waals surface area contributed by atoms with E-state index in [0.717, 1.165) is 12.0 Å². The Morgan fingerprint density at radius 3 is 2.47 bits per heavy atom. The molecule has 1 fully saturated rings. The molecule has 92 valence electrons. The summed E-state index contributed by atoms with van der Waals surface area (Å²) >= 11 is 0. The summed E-state index contributed by atoms with van der Waals surface area (Å²) in [5.74, 6) is 0.708. The second-order valence-corrected chi connectivity index (χ2v) is 5.37. The lowest BCUT2D eigenvalue weighted by atomic mass is 9.71. The van der Waals surface area contributed by atoms with Gasteiger partial charge in [-0.2, -0.15) is 0 Å². The van der Waals surface area contributed by atoms with Crippen LogP contribution in [0.2, 0.25) is 0 Å². The number of carbonyl (C=O) groups excluding carboxylic acids is 1. The zero-order valence-electron chi connectivity index (χ0n) is 10.5. The van der Waals surface area contributed by atoms with Crippen LogP contribution in [-0.2, 0) is 4.79 Å². The molecule has 1 saturated carbocycles. The van der Waals surface area contributed by atoms with Crippen molar-refractivity contribution < 1.29 is 9.90 Å². The molecule has 1 aromatic rings. The fourth-order valence-corrected chi connectivity index (χ4v) is 3.01. The van der Waals surface area contributed by atoms with E-state index in [2.05, 4.69) is 13.8 Å². The highest BCUT2D eigenvalue weighted by Crippen LogP contribution is 2.38. The average Bonchev–Trinajstić information content (AvgIpc) is 2.28. The molecular weight excluding hydrogens is 212 g/mol. The minimum atomic E-state index is -0.647. The summed E-state index contributed by atoms with van der Waals surface area (Å²) in [5.41, 5.74) is 0.854. The number of Topliss-reactive ketones (excluding diaryl/α,β-unsaturated/α-hetero) is 1. The highest BCUT2D eigenvalue weighted by atomic mass is 16.3. The van der Waals surface area contributed by atoms with Gasteiger partial charge in [-0.05, 0) is 23.8 Å². The number of hydrogen-bond acceptors (Lipinski definition) is 2. The third kappa shape index (κ3) is 2.58. The van der Waals surface area contributed by atoms with E-state index in [1.807, 2.05) is 30.3 Å². The van der Waals surface area contributed by atoms with E-state index < -0.39 is 6.10 Å². The Hall–Kier alpha value is -1.15. The molecule has 0 unspecified atom stereocenters. The van der Waals surface area contributed by atoms with E-state index in [1.54, 1.807) is 0 Å². The molecule has 0 spiro atoms. The summed E-state index contributed by atoms with van der Waals surface area (Å²) in [6, 6.07) is 9.51. The first kappa shape index (κ1) is 12.3. The topological polar surface area (TPSA) is 37.3 Å². The predicted molar refractivity (Wildman–Crippen MR) is 67.5 cm³/mol. The Kier molecular flexibility index (Phi) is 3.63. The quantitative estimate of drug-likeness (QED) is 0.851. The average molecular weight is 232 g/mol. The molecule has 17 heavy (non-hydrogen) atoms. The van der Waals surface area contributed by atoms with Gasteiger partial charge in [-0.3, -0.25) is 4.79 Å². The third-order valence-electron chi connectivity index (χ3n) is 3.79. The monoisotopic (exact) mass is 232 g/mol. The molecule has 0 saturated heterocycles. The molecule has 1 aliphatic carbocycles. The van der Waals surface area contributed by atoms with Crippen LogP contribution in [-0.4, -0.2) is 10.9 Å². The van der Waals surface area contributed by atoms with Crippen LogP contribution in [0.15, 0.2) is 30.3 Å². The first-order valence-corrected chi connectivity index (χ1v) is 6.35. The summed E-state index contributed by atoms with van der Waals surface area (Å²) in [7, 11) is 0. The highest BCUT2D eigenvalue weighted by molar-refractivity contribution is 5.83. The lowest BCUT2D eigenvalue weighted by Gasteiger charge is -2.34. The van der Waals surface area contributed by atoms with Gasteiger partial charge in [-0.1, -0.05) is 44.2 Å². The van der Waals surface area contributed by atoms with E-state index in [0.29, 0.717) is 12.3 Å². The molecule has 2 nitrogen and oxygen atoms in total. The molecule has 0 radical (unpaired) electrons. The molecule has 0 amide bonds. The van der Waals surface area contributed by atoms with Gasteiger partial charge < -0.3 is 5.11 Å². The van der Waals surface area contributed by atoms with Gasteiger partial charge in [0, 0.05) is 6.42 Å². The molecule has 1 aliphatic rings. The number of carbonyl (C=O) groups is 1. The Morgan fingerprint density at radius 2 is 1.88 bits per heavy atom. The van der Waals surface area contributed by atoms with Gasteiger partial charge in [0.1, 0.15) is 5.78 Å². The van der Waals surface area contributed by atoms with Crippen molar-refractivity contribution in [2.45, 2.75) is 32.8 Å². The lowest BCUT2D eigenvalue weighted by Crippen LogP contribution is -2.35. The first-order valence-electron chi connectivity index (χ1n) is 6.35. The van der Waals surface area contributed by atoms with Crippen molar-refractivity contribution >= 4 is 5.78 Å². The minimum Gasteiger partial charge on any atom is -0.388 e. The summed E-state index contributed by atoms with van der Waals surface area (Å²) in [6.07, 6.45) is 0.991. The van der Waals surface area contributed by atoms with E-state index >= 15 is 0 Å². The second kappa shape index (κ2) is 5.01. The molecule has 1 N–H and O–H groups in total. The smallest absolute Gasteiger partial charge is 0.139 e. The van der Waals surface area contributed by atoms with E-state index in [9.17, 15) is 9.90 Å². The van der Waals surface area contributed by atoms with Crippen LogP contribution in [0.25, 0.3) is 0 Å². The summed E-state index contributed by atoms with van der Waals surface area (Å²) in [5, 5.41) is 10.4. The third-order valence-corrected chi connectivity index (χ3v) is 3.79. The highest BCUT2D eigenvalue weighted by Gasteiger charge is 2.37. The van der Waals surface area contributed by atoms with Crippen LogP contribution in [0.5, 0.6) is 0 Å². The maximum Gasteiger partial charge on any atom is 0.139 e. The number of rotatable bonds is 2. The first-order chi connectivity index (χ1) is 8.09. The summed E-state index contributed by atoms with van der Waals surface area (Å²) in [4.78, 5) is 12.1.